The molecule has 0 bridgehead atoms. The van der Waals surface area contributed by atoms with Crippen LogP contribution in [0.2, 0.25) is 0 Å². The van der Waals surface area contributed by atoms with Gasteiger partial charge in [0.1, 0.15) is 0 Å². The van der Waals surface area contributed by atoms with Crippen LogP contribution in [0.4, 0.5) is 5.69 Å². The fourth-order valence-electron chi connectivity index (χ4n) is 1.56. The van der Waals surface area contributed by atoms with E-state index in [-0.39, 0.29) is 11.4 Å². The van der Waals surface area contributed by atoms with Crippen molar-refractivity contribution in [1.82, 2.24) is 0 Å². The van der Waals surface area contributed by atoms with Gasteiger partial charge in [-0.2, -0.15) is 0 Å². The van der Waals surface area contributed by atoms with Gasteiger partial charge < -0.3 is 0 Å². The van der Waals surface area contributed by atoms with E-state index in [0.717, 1.165) is 10.9 Å². The van der Waals surface area contributed by atoms with Crippen LogP contribution in [0.5, 0.6) is 0 Å². The second-order valence-corrected chi connectivity index (χ2v) is 5.86. The van der Waals surface area contributed by atoms with Gasteiger partial charge in [-0.1, -0.05) is 30.0 Å². The third-order valence-electron chi connectivity index (χ3n) is 2.21. The lowest BCUT2D eigenvalue weighted by Crippen LogP contribution is -2.31. The number of hydrogen-bond acceptors (Lipinski definition) is 3. The minimum absolute atomic E-state index is 0.101. The number of nitrogens with zero attached hydrogens (tertiary/aromatic N) is 2. The molecule has 3 nitrogen and oxygen atoms in total. The number of carbonyl (C=O) groups excluding carboxylic acids is 1. The lowest BCUT2D eigenvalue weighted by atomic mass is 10.1. The van der Waals surface area contributed by atoms with Gasteiger partial charge in [0.05, 0.1) is 17.0 Å². The molecule has 1 heterocycles. The molecule has 0 spiro atoms. The maximum atomic E-state index is 11.9. The Labute approximate surface area is 106 Å². The fraction of sp³-hybridized carbons (Fsp3) is 0.385. The lowest BCUT2D eigenvalue weighted by Gasteiger charge is -2.20. The normalized spacial score (nSPS) is 19.1. The molecule has 0 aliphatic carbocycles. The quantitative estimate of drug-likeness (QED) is 0.765. The lowest BCUT2D eigenvalue weighted by molar-refractivity contribution is -0.115. The van der Waals surface area contributed by atoms with Crippen molar-refractivity contribution in [2.24, 2.45) is 4.99 Å². The maximum absolute atomic E-state index is 11.9. The van der Waals surface area contributed by atoms with E-state index in [1.54, 1.807) is 4.90 Å². The van der Waals surface area contributed by atoms with Gasteiger partial charge in [-0.3, -0.25) is 14.7 Å². The predicted octanol–water partition coefficient (Wildman–Crippen LogP) is 2.92. The van der Waals surface area contributed by atoms with Gasteiger partial charge in [-0.15, -0.1) is 0 Å². The first-order valence-electron chi connectivity index (χ1n) is 5.58. The van der Waals surface area contributed by atoms with E-state index in [1.807, 2.05) is 51.1 Å². The average Bonchev–Trinajstić information content (AvgIpc) is 2.58. The Kier molecular flexibility index (Phi) is 3.24. The molecule has 17 heavy (non-hydrogen) atoms. The molecule has 1 aliphatic rings. The topological polar surface area (TPSA) is 32.7 Å². The monoisotopic (exact) mass is 248 g/mol. The summed E-state index contributed by atoms with van der Waals surface area (Å²) in [6.45, 7) is 6.10. The van der Waals surface area contributed by atoms with Crippen molar-refractivity contribution in [1.29, 1.82) is 0 Å². The van der Waals surface area contributed by atoms with Crippen LogP contribution in [-0.2, 0) is 4.79 Å². The Morgan fingerprint density at radius 2 is 1.88 bits per heavy atom. The van der Waals surface area contributed by atoms with Gasteiger partial charge in [0.25, 0.3) is 0 Å². The summed E-state index contributed by atoms with van der Waals surface area (Å²) >= 11 is 1.51. The zero-order valence-electron chi connectivity index (χ0n) is 10.3. The standard InChI is InChI=1S/C13H16N2OS/c1-13(2,3)14-12-15(11(16)9-17-12)10-7-5-4-6-8-10/h4-8H,9H2,1-3H3/b14-12-. The highest BCUT2D eigenvalue weighted by molar-refractivity contribution is 8.15. The molecule has 0 N–H and O–H groups in total. The van der Waals surface area contributed by atoms with Crippen molar-refractivity contribution in [2.45, 2.75) is 26.3 Å². The van der Waals surface area contributed by atoms with Gasteiger partial charge in [0, 0.05) is 0 Å². The second-order valence-electron chi connectivity index (χ2n) is 4.92. The Bertz CT molecular complexity index is 448. The number of hydrogen-bond donors (Lipinski definition) is 0. The summed E-state index contributed by atoms with van der Waals surface area (Å²) in [7, 11) is 0. The molecule has 1 aromatic rings. The van der Waals surface area contributed by atoms with Crippen LogP contribution in [0.3, 0.4) is 0 Å². The maximum Gasteiger partial charge on any atom is 0.243 e. The van der Waals surface area contributed by atoms with E-state index < -0.39 is 0 Å². The molecule has 1 saturated heterocycles. The summed E-state index contributed by atoms with van der Waals surface area (Å²) in [5.41, 5.74) is 0.727. The van der Waals surface area contributed by atoms with Crippen molar-refractivity contribution >= 4 is 28.5 Å². The van der Waals surface area contributed by atoms with Crippen LogP contribution in [0.25, 0.3) is 0 Å². The van der Waals surface area contributed by atoms with Crippen LogP contribution in [0.15, 0.2) is 35.3 Å². The molecule has 1 aromatic carbocycles. The minimum Gasteiger partial charge on any atom is -0.273 e. The number of benzene rings is 1. The van der Waals surface area contributed by atoms with Crippen molar-refractivity contribution in [3.63, 3.8) is 0 Å². The van der Waals surface area contributed by atoms with E-state index >= 15 is 0 Å². The van der Waals surface area contributed by atoms with Crippen LogP contribution < -0.4 is 4.90 Å². The first-order chi connectivity index (χ1) is 7.97. The molecular formula is C13H16N2OS. The van der Waals surface area contributed by atoms with E-state index in [0.29, 0.717) is 5.75 Å². The molecular weight excluding hydrogens is 232 g/mol. The summed E-state index contributed by atoms with van der Waals surface area (Å²) < 4.78 is 0. The summed E-state index contributed by atoms with van der Waals surface area (Å²) in [6, 6.07) is 9.67. The van der Waals surface area contributed by atoms with Crippen LogP contribution in [-0.4, -0.2) is 22.4 Å². The molecule has 0 saturated carbocycles. The molecule has 1 amide bonds. The van der Waals surface area contributed by atoms with Crippen molar-refractivity contribution in [3.05, 3.63) is 30.3 Å². The number of amides is 1. The van der Waals surface area contributed by atoms with Gasteiger partial charge in [0.2, 0.25) is 5.91 Å². The molecule has 0 aromatic heterocycles. The second kappa shape index (κ2) is 4.53. The van der Waals surface area contributed by atoms with Crippen LogP contribution in [0.1, 0.15) is 20.8 Å². The third kappa shape index (κ3) is 2.88. The summed E-state index contributed by atoms with van der Waals surface area (Å²) in [4.78, 5) is 18.2. The Balaban J connectivity index is 2.37. The summed E-state index contributed by atoms with van der Waals surface area (Å²) in [5.74, 6) is 0.577. The Morgan fingerprint density at radius 3 is 2.47 bits per heavy atom. The summed E-state index contributed by atoms with van der Waals surface area (Å²) in [6.07, 6.45) is 0. The van der Waals surface area contributed by atoms with Crippen molar-refractivity contribution in [3.8, 4) is 0 Å². The number of para-hydroxylation sites is 1. The number of thioether (sulfide) groups is 1. The first kappa shape index (κ1) is 12.2. The highest BCUT2D eigenvalue weighted by atomic mass is 32.2. The van der Waals surface area contributed by atoms with Crippen LogP contribution >= 0.6 is 11.8 Å². The number of carbonyl (C=O) groups is 1. The molecule has 90 valence electrons. The zero-order valence-corrected chi connectivity index (χ0v) is 11.1. The molecule has 0 unspecified atom stereocenters. The highest BCUT2D eigenvalue weighted by Crippen LogP contribution is 2.28. The van der Waals surface area contributed by atoms with E-state index in [1.165, 1.54) is 11.8 Å². The molecule has 2 rings (SSSR count). The Hall–Kier alpha value is -1.29. The molecule has 4 heteroatoms. The molecule has 1 aliphatic heterocycles. The number of rotatable bonds is 1. The minimum atomic E-state index is -0.167. The predicted molar refractivity (Wildman–Crippen MR) is 73.6 cm³/mol. The fourth-order valence-corrected chi connectivity index (χ4v) is 2.62. The largest absolute Gasteiger partial charge is 0.273 e. The SMILES string of the molecule is CC(C)(C)/N=C1\SCC(=O)N1c1ccccc1. The van der Waals surface area contributed by atoms with Gasteiger partial charge in [-0.05, 0) is 32.9 Å². The van der Waals surface area contributed by atoms with Crippen LogP contribution in [0, 0.1) is 0 Å². The molecule has 0 radical (unpaired) electrons. The average molecular weight is 248 g/mol. The third-order valence-corrected chi connectivity index (χ3v) is 3.13. The molecule has 1 fully saturated rings. The number of amidine groups is 1. The number of aliphatic imine (C=N–C) groups is 1. The number of anilines is 1. The molecule has 0 atom stereocenters. The zero-order chi connectivity index (χ0) is 12.5. The Morgan fingerprint density at radius 1 is 1.24 bits per heavy atom. The van der Waals surface area contributed by atoms with Crippen molar-refractivity contribution < 1.29 is 4.79 Å². The van der Waals surface area contributed by atoms with Crippen molar-refractivity contribution in [2.75, 3.05) is 10.7 Å². The highest BCUT2D eigenvalue weighted by Gasteiger charge is 2.30. The van der Waals surface area contributed by atoms with Gasteiger partial charge in [-0.25, -0.2) is 0 Å². The van der Waals surface area contributed by atoms with E-state index in [9.17, 15) is 4.79 Å². The smallest absolute Gasteiger partial charge is 0.243 e. The van der Waals surface area contributed by atoms with Gasteiger partial charge in [0.15, 0.2) is 5.17 Å². The van der Waals surface area contributed by atoms with E-state index in [4.69, 9.17) is 0 Å². The first-order valence-corrected chi connectivity index (χ1v) is 6.56. The summed E-state index contributed by atoms with van der Waals surface area (Å²) in [5, 5.41) is 0.800. The van der Waals surface area contributed by atoms with Gasteiger partial charge >= 0.3 is 0 Å². The van der Waals surface area contributed by atoms with E-state index in [2.05, 4.69) is 4.99 Å².